The monoisotopic (exact) mass is 656 g/mol. The summed E-state index contributed by atoms with van der Waals surface area (Å²) < 4.78 is 18.7. The molecule has 2 aliphatic heterocycles. The molecule has 0 spiro atoms. The number of piperazine rings is 1. The normalized spacial score (nSPS) is 20.2. The molecule has 1 N–H and O–H groups in total. The zero-order chi connectivity index (χ0) is 30.7. The standard InChI is InChI=1S/C31H30Cl2N4O6S/c1-15(2)42-22-10-17(30(39)40)11-24-27(22)34-31(44-24)36-8-9-37-18(13-36)12-23(29(37)38)41-14-19-26(35-43-28(19)16-6-7-16)25-20(32)4-3-5-21(25)33/h3-5,10-11,15-16,18,23H,6-9,12-14H2,1-2H3,(H,39,40)/t18-,23-/m0/s1. The van der Waals surface area contributed by atoms with Gasteiger partial charge in [0.25, 0.3) is 5.91 Å². The van der Waals surface area contributed by atoms with Crippen molar-refractivity contribution < 1.29 is 28.7 Å². The van der Waals surface area contributed by atoms with Gasteiger partial charge in [0, 0.05) is 43.1 Å². The lowest BCUT2D eigenvalue weighted by atomic mass is 10.0. The molecule has 1 saturated carbocycles. The fourth-order valence-electron chi connectivity index (χ4n) is 6.01. The maximum atomic E-state index is 13.4. The Bertz CT molecular complexity index is 1750. The first-order chi connectivity index (χ1) is 21.2. The number of anilines is 1. The zero-order valence-corrected chi connectivity index (χ0v) is 26.4. The number of rotatable bonds is 9. The number of benzene rings is 2. The summed E-state index contributed by atoms with van der Waals surface area (Å²) in [6, 6.07) is 8.42. The molecule has 4 heterocycles. The molecule has 3 fully saturated rings. The zero-order valence-electron chi connectivity index (χ0n) is 24.1. The van der Waals surface area contributed by atoms with Crippen molar-refractivity contribution in [2.45, 2.75) is 63.9 Å². The minimum atomic E-state index is -1.02. The van der Waals surface area contributed by atoms with Gasteiger partial charge in [0.15, 0.2) is 5.13 Å². The van der Waals surface area contributed by atoms with Crippen molar-refractivity contribution in [2.75, 3.05) is 24.5 Å². The summed E-state index contributed by atoms with van der Waals surface area (Å²) in [6.45, 7) is 5.69. The minimum absolute atomic E-state index is 0.0283. The first-order valence-electron chi connectivity index (χ1n) is 14.6. The molecule has 0 unspecified atom stereocenters. The maximum absolute atomic E-state index is 13.4. The molecule has 1 aliphatic carbocycles. The van der Waals surface area contributed by atoms with Crippen LogP contribution in [0.2, 0.25) is 10.0 Å². The molecule has 7 rings (SSSR count). The number of aromatic carboxylic acids is 1. The van der Waals surface area contributed by atoms with E-state index in [2.05, 4.69) is 10.1 Å². The highest BCUT2D eigenvalue weighted by molar-refractivity contribution is 7.22. The number of thiazole rings is 1. The topological polar surface area (TPSA) is 118 Å². The van der Waals surface area contributed by atoms with Gasteiger partial charge in [-0.25, -0.2) is 9.78 Å². The van der Waals surface area contributed by atoms with Crippen LogP contribution in [0.15, 0.2) is 34.9 Å². The van der Waals surface area contributed by atoms with Crippen molar-refractivity contribution in [3.63, 3.8) is 0 Å². The van der Waals surface area contributed by atoms with Crippen LogP contribution in [0.3, 0.4) is 0 Å². The van der Waals surface area contributed by atoms with Gasteiger partial charge in [-0.3, -0.25) is 4.79 Å². The number of hydrogen-bond donors (Lipinski definition) is 1. The summed E-state index contributed by atoms with van der Waals surface area (Å²) >= 11 is 14.4. The van der Waals surface area contributed by atoms with E-state index in [9.17, 15) is 14.7 Å². The van der Waals surface area contributed by atoms with E-state index in [-0.39, 0.29) is 36.1 Å². The molecule has 2 aromatic carbocycles. The molecule has 44 heavy (non-hydrogen) atoms. The fourth-order valence-corrected chi connectivity index (χ4v) is 7.65. The first-order valence-corrected chi connectivity index (χ1v) is 16.2. The van der Waals surface area contributed by atoms with Crippen molar-refractivity contribution in [1.29, 1.82) is 0 Å². The second kappa shape index (κ2) is 11.5. The van der Waals surface area contributed by atoms with Crippen LogP contribution in [0.25, 0.3) is 21.5 Å². The van der Waals surface area contributed by atoms with Crippen molar-refractivity contribution in [3.8, 4) is 17.0 Å². The predicted octanol–water partition coefficient (Wildman–Crippen LogP) is 6.63. The van der Waals surface area contributed by atoms with E-state index >= 15 is 0 Å². The molecule has 4 aromatic rings. The molecule has 10 nitrogen and oxygen atoms in total. The number of nitrogens with zero attached hydrogens (tertiary/aromatic N) is 4. The average molecular weight is 658 g/mol. The third kappa shape index (κ3) is 5.40. The van der Waals surface area contributed by atoms with Crippen LogP contribution in [-0.2, 0) is 16.1 Å². The van der Waals surface area contributed by atoms with E-state index in [0.29, 0.717) is 58.6 Å². The molecular formula is C31H30Cl2N4O6S. The number of halogens is 2. The third-order valence-corrected chi connectivity index (χ3v) is 9.94. The second-order valence-corrected chi connectivity index (χ2v) is 13.5. The number of ether oxygens (including phenoxy) is 2. The largest absolute Gasteiger partial charge is 0.489 e. The van der Waals surface area contributed by atoms with Gasteiger partial charge in [0.05, 0.1) is 39.1 Å². The number of carbonyl (C=O) groups is 2. The number of fused-ring (bicyclic) bond motifs is 2. The molecule has 0 radical (unpaired) electrons. The minimum Gasteiger partial charge on any atom is -0.489 e. The highest BCUT2D eigenvalue weighted by atomic mass is 35.5. The Labute approximate surface area is 267 Å². The van der Waals surface area contributed by atoms with Gasteiger partial charge in [0.1, 0.15) is 28.8 Å². The van der Waals surface area contributed by atoms with Gasteiger partial charge in [0.2, 0.25) is 0 Å². The molecule has 2 atom stereocenters. The molecule has 2 saturated heterocycles. The Morgan fingerprint density at radius 3 is 2.68 bits per heavy atom. The Kier molecular flexibility index (Phi) is 7.68. The Balaban J connectivity index is 1.09. The van der Waals surface area contributed by atoms with Gasteiger partial charge in [-0.15, -0.1) is 0 Å². The van der Waals surface area contributed by atoms with Gasteiger partial charge >= 0.3 is 5.97 Å². The Morgan fingerprint density at radius 1 is 1.20 bits per heavy atom. The van der Waals surface area contributed by atoms with Crippen LogP contribution in [0.5, 0.6) is 5.75 Å². The van der Waals surface area contributed by atoms with Crippen molar-refractivity contribution in [3.05, 3.63) is 57.3 Å². The van der Waals surface area contributed by atoms with Gasteiger partial charge in [-0.1, -0.05) is 45.8 Å². The summed E-state index contributed by atoms with van der Waals surface area (Å²) in [5, 5.41) is 15.7. The number of amides is 1. The van der Waals surface area contributed by atoms with Crippen molar-refractivity contribution in [1.82, 2.24) is 15.0 Å². The molecule has 1 amide bonds. The number of carbonyl (C=O) groups excluding carboxylic acids is 1. The van der Waals surface area contributed by atoms with Crippen LogP contribution in [0, 0.1) is 0 Å². The first kappa shape index (κ1) is 29.3. The van der Waals surface area contributed by atoms with Crippen LogP contribution in [-0.4, -0.2) is 69.9 Å². The van der Waals surface area contributed by atoms with Gasteiger partial charge in [-0.2, -0.15) is 0 Å². The molecule has 2 aromatic heterocycles. The number of aromatic nitrogens is 2. The predicted molar refractivity (Wildman–Crippen MR) is 167 cm³/mol. The van der Waals surface area contributed by atoms with E-state index in [0.717, 1.165) is 34.0 Å². The van der Waals surface area contributed by atoms with Crippen molar-refractivity contribution in [2.24, 2.45) is 0 Å². The summed E-state index contributed by atoms with van der Waals surface area (Å²) in [5.74, 6) is 0.462. The molecule has 13 heteroatoms. The summed E-state index contributed by atoms with van der Waals surface area (Å²) in [4.78, 5) is 34.1. The van der Waals surface area contributed by atoms with E-state index in [1.807, 2.05) is 18.7 Å². The molecule has 230 valence electrons. The summed E-state index contributed by atoms with van der Waals surface area (Å²) in [5.41, 5.74) is 2.75. The molecule has 0 bridgehead atoms. The van der Waals surface area contributed by atoms with Crippen LogP contribution < -0.4 is 9.64 Å². The van der Waals surface area contributed by atoms with E-state index in [4.69, 9.17) is 42.2 Å². The van der Waals surface area contributed by atoms with E-state index in [1.54, 1.807) is 24.3 Å². The Morgan fingerprint density at radius 2 is 1.98 bits per heavy atom. The summed E-state index contributed by atoms with van der Waals surface area (Å²) in [6.07, 6.45) is 1.84. The third-order valence-electron chi connectivity index (χ3n) is 8.25. The highest BCUT2D eigenvalue weighted by Gasteiger charge is 2.44. The smallest absolute Gasteiger partial charge is 0.335 e. The SMILES string of the molecule is CC(C)Oc1cc(C(=O)O)cc2sc(N3CCN4C(=O)[C@@H](OCc5c(-c6c(Cl)cccc6Cl)noc5C5CC5)C[C@H]4C3)nc12. The van der Waals surface area contributed by atoms with Crippen LogP contribution >= 0.6 is 34.5 Å². The summed E-state index contributed by atoms with van der Waals surface area (Å²) in [7, 11) is 0. The number of hydrogen-bond acceptors (Lipinski definition) is 9. The molecule has 3 aliphatic rings. The van der Waals surface area contributed by atoms with Crippen LogP contribution in [0.4, 0.5) is 5.13 Å². The quantitative estimate of drug-likeness (QED) is 0.212. The van der Waals surface area contributed by atoms with Crippen molar-refractivity contribution >= 4 is 61.8 Å². The van der Waals surface area contributed by atoms with Gasteiger partial charge < -0.3 is 28.9 Å². The van der Waals surface area contributed by atoms with E-state index < -0.39 is 12.1 Å². The van der Waals surface area contributed by atoms with E-state index in [1.165, 1.54) is 17.4 Å². The average Bonchev–Trinajstić information content (AvgIpc) is 3.46. The number of carboxylic acid groups (broad SMARTS) is 1. The lowest BCUT2D eigenvalue weighted by Gasteiger charge is -2.37. The maximum Gasteiger partial charge on any atom is 0.335 e. The number of carboxylic acids is 1. The lowest BCUT2D eigenvalue weighted by molar-refractivity contribution is -0.138. The highest BCUT2D eigenvalue weighted by Crippen LogP contribution is 2.46. The van der Waals surface area contributed by atoms with Gasteiger partial charge in [-0.05, 0) is 51.0 Å². The van der Waals surface area contributed by atoms with Crippen LogP contribution in [0.1, 0.15) is 60.7 Å². The molecular weight excluding hydrogens is 627 g/mol. The fraction of sp³-hybridized carbons (Fsp3) is 0.419. The Hall–Kier alpha value is -3.38. The second-order valence-electron chi connectivity index (χ2n) is 11.7. The lowest BCUT2D eigenvalue weighted by Crippen LogP contribution is -2.51.